The zero-order valence-electron chi connectivity index (χ0n) is 20.5. The van der Waals surface area contributed by atoms with E-state index in [-0.39, 0.29) is 43.3 Å². The van der Waals surface area contributed by atoms with E-state index in [1.807, 2.05) is 47.2 Å². The van der Waals surface area contributed by atoms with Crippen LogP contribution in [0.2, 0.25) is 5.02 Å². The molecule has 0 amide bonds. The van der Waals surface area contributed by atoms with Gasteiger partial charge in [-0.2, -0.15) is 0 Å². The zero-order chi connectivity index (χ0) is 23.2. The molecule has 37 heavy (non-hydrogen) atoms. The Bertz CT molecular complexity index is 1030. The minimum Gasteiger partial charge on any atom is -0.491 e. The Morgan fingerprint density at radius 1 is 1.03 bits per heavy atom. The summed E-state index contributed by atoms with van der Waals surface area (Å²) in [6, 6.07) is 16.3. The molecule has 5 rings (SSSR count). The molecule has 3 heterocycles. The van der Waals surface area contributed by atoms with Crippen LogP contribution in [-0.2, 0) is 22.4 Å². The molecule has 204 valence electrons. The molecule has 0 aliphatic carbocycles. The SMILES string of the molecule is Cl.Cl.Cl.Clc1ccc(CCC2(Cn3ccnc3)OCC(COc3ccc(N4CCNCC4)cc3)O2)cc1. The van der Waals surface area contributed by atoms with Crippen LogP contribution in [-0.4, -0.2) is 60.8 Å². The van der Waals surface area contributed by atoms with Gasteiger partial charge in [-0.1, -0.05) is 23.7 Å². The Balaban J connectivity index is 0.00000160. The molecule has 1 N–H and O–H groups in total. The first kappa shape index (κ1) is 31.5. The van der Waals surface area contributed by atoms with Gasteiger partial charge in [-0.3, -0.25) is 0 Å². The van der Waals surface area contributed by atoms with Crippen molar-refractivity contribution in [2.24, 2.45) is 0 Å². The van der Waals surface area contributed by atoms with E-state index in [9.17, 15) is 0 Å². The maximum Gasteiger partial charge on any atom is 0.187 e. The van der Waals surface area contributed by atoms with Gasteiger partial charge in [0.05, 0.1) is 19.5 Å². The van der Waals surface area contributed by atoms with Crippen LogP contribution in [0.25, 0.3) is 0 Å². The van der Waals surface area contributed by atoms with Gasteiger partial charge in [0.1, 0.15) is 18.5 Å². The van der Waals surface area contributed by atoms with Gasteiger partial charge in [0.2, 0.25) is 0 Å². The average Bonchev–Trinajstić information content (AvgIpc) is 3.54. The molecule has 3 aromatic rings. The van der Waals surface area contributed by atoms with Crippen LogP contribution in [0, 0.1) is 0 Å². The first-order chi connectivity index (χ1) is 16.7. The lowest BCUT2D eigenvalue weighted by Crippen LogP contribution is -2.43. The number of hydrogen-bond acceptors (Lipinski definition) is 6. The van der Waals surface area contributed by atoms with Crippen molar-refractivity contribution in [1.82, 2.24) is 14.9 Å². The van der Waals surface area contributed by atoms with E-state index in [1.165, 1.54) is 11.3 Å². The molecule has 2 aliphatic rings. The van der Waals surface area contributed by atoms with Gasteiger partial charge in [0.15, 0.2) is 5.79 Å². The lowest BCUT2D eigenvalue weighted by molar-refractivity contribution is -0.184. The van der Waals surface area contributed by atoms with Gasteiger partial charge in [-0.05, 0) is 48.4 Å². The minimum atomic E-state index is -0.722. The predicted molar refractivity (Wildman–Crippen MR) is 154 cm³/mol. The van der Waals surface area contributed by atoms with Crippen LogP contribution in [0.15, 0.2) is 67.3 Å². The van der Waals surface area contributed by atoms with Gasteiger partial charge < -0.3 is 29.0 Å². The van der Waals surface area contributed by atoms with Crippen molar-refractivity contribution in [2.45, 2.75) is 31.3 Å². The van der Waals surface area contributed by atoms with Crippen molar-refractivity contribution in [3.63, 3.8) is 0 Å². The molecular weight excluding hydrogens is 558 g/mol. The van der Waals surface area contributed by atoms with Gasteiger partial charge in [-0.15, -0.1) is 37.2 Å². The number of rotatable bonds is 9. The maximum absolute atomic E-state index is 6.47. The van der Waals surface area contributed by atoms with Gasteiger partial charge in [0, 0.05) is 55.7 Å². The fourth-order valence-corrected chi connectivity index (χ4v) is 4.63. The van der Waals surface area contributed by atoms with E-state index in [4.69, 9.17) is 25.8 Å². The van der Waals surface area contributed by atoms with E-state index in [2.05, 4.69) is 27.3 Å². The number of nitrogens with zero attached hydrogens (tertiary/aromatic N) is 3. The fourth-order valence-electron chi connectivity index (χ4n) is 4.50. The molecule has 2 atom stereocenters. The summed E-state index contributed by atoms with van der Waals surface area (Å²) in [6.45, 7) is 5.63. The molecule has 2 aliphatic heterocycles. The van der Waals surface area contributed by atoms with Crippen molar-refractivity contribution in [3.8, 4) is 5.75 Å². The van der Waals surface area contributed by atoms with Crippen molar-refractivity contribution >= 4 is 54.5 Å². The fraction of sp³-hybridized carbons (Fsp3) is 0.423. The third kappa shape index (κ3) is 8.65. The molecule has 0 radical (unpaired) electrons. The topological polar surface area (TPSA) is 60.8 Å². The molecular formula is C26H34Cl4N4O3. The van der Waals surface area contributed by atoms with Crippen molar-refractivity contribution in [2.75, 3.05) is 44.3 Å². The lowest BCUT2D eigenvalue weighted by atomic mass is 10.0. The van der Waals surface area contributed by atoms with Crippen LogP contribution in [0.5, 0.6) is 5.75 Å². The number of halogens is 4. The molecule has 2 unspecified atom stereocenters. The number of aromatic nitrogens is 2. The van der Waals surface area contributed by atoms with Crippen LogP contribution in [0.3, 0.4) is 0 Å². The molecule has 2 saturated heterocycles. The molecule has 1 aromatic heterocycles. The summed E-state index contributed by atoms with van der Waals surface area (Å²) in [6.07, 6.45) is 6.91. The Hall–Kier alpha value is -1.71. The molecule has 0 bridgehead atoms. The zero-order valence-corrected chi connectivity index (χ0v) is 23.7. The average molecular weight is 592 g/mol. The van der Waals surface area contributed by atoms with E-state index >= 15 is 0 Å². The Morgan fingerprint density at radius 2 is 1.76 bits per heavy atom. The van der Waals surface area contributed by atoms with E-state index in [1.54, 1.807) is 12.5 Å². The second kappa shape index (κ2) is 15.0. The number of nitrogens with one attached hydrogen (secondary N) is 1. The second-order valence-corrected chi connectivity index (χ2v) is 9.30. The number of ether oxygens (including phenoxy) is 3. The first-order valence-electron chi connectivity index (χ1n) is 11.9. The number of piperazine rings is 1. The molecule has 0 spiro atoms. The predicted octanol–water partition coefficient (Wildman–Crippen LogP) is 5.04. The van der Waals surface area contributed by atoms with E-state index in [0.717, 1.165) is 49.8 Å². The van der Waals surface area contributed by atoms with Crippen LogP contribution in [0.1, 0.15) is 12.0 Å². The number of aryl methyl sites for hydroxylation is 1. The summed E-state index contributed by atoms with van der Waals surface area (Å²) < 4.78 is 20.8. The first-order valence-corrected chi connectivity index (χ1v) is 12.3. The summed E-state index contributed by atoms with van der Waals surface area (Å²) in [5, 5.41) is 4.12. The van der Waals surface area contributed by atoms with Crippen molar-refractivity contribution < 1.29 is 14.2 Å². The maximum atomic E-state index is 6.47. The van der Waals surface area contributed by atoms with Crippen molar-refractivity contribution in [3.05, 3.63) is 77.8 Å². The van der Waals surface area contributed by atoms with Crippen LogP contribution >= 0.6 is 48.8 Å². The normalized spacial score (nSPS) is 20.9. The number of benzene rings is 2. The highest BCUT2D eigenvalue weighted by Gasteiger charge is 2.42. The highest BCUT2D eigenvalue weighted by Crippen LogP contribution is 2.31. The minimum absolute atomic E-state index is 0. The summed E-state index contributed by atoms with van der Waals surface area (Å²) in [4.78, 5) is 6.55. The van der Waals surface area contributed by atoms with Gasteiger partial charge >= 0.3 is 0 Å². The highest BCUT2D eigenvalue weighted by molar-refractivity contribution is 6.30. The Morgan fingerprint density at radius 3 is 2.43 bits per heavy atom. The highest BCUT2D eigenvalue weighted by atomic mass is 35.5. The molecule has 11 heteroatoms. The van der Waals surface area contributed by atoms with E-state index < -0.39 is 5.79 Å². The standard InChI is InChI=1S/C26H31ClN4O3.3ClH/c27-22-3-1-21(2-4-22)9-10-26(19-30-14-11-29-20-30)33-18-25(34-26)17-32-24-7-5-23(6-8-24)31-15-12-28-13-16-31;;;/h1-8,11,14,20,25,28H,9-10,12-13,15-19H2;3*1H. The molecule has 7 nitrogen and oxygen atoms in total. The number of hydrogen-bond donors (Lipinski definition) is 1. The molecule has 2 fully saturated rings. The van der Waals surface area contributed by atoms with Gasteiger partial charge in [-0.25, -0.2) is 4.98 Å². The third-order valence-corrected chi connectivity index (χ3v) is 6.61. The molecule has 2 aromatic carbocycles. The lowest BCUT2D eigenvalue weighted by Gasteiger charge is -2.29. The number of imidazole rings is 1. The summed E-state index contributed by atoms with van der Waals surface area (Å²) in [7, 11) is 0. The summed E-state index contributed by atoms with van der Waals surface area (Å²) >= 11 is 6.04. The number of anilines is 1. The molecule has 0 saturated carbocycles. The third-order valence-electron chi connectivity index (χ3n) is 6.36. The monoisotopic (exact) mass is 590 g/mol. The quantitative estimate of drug-likeness (QED) is 0.376. The summed E-state index contributed by atoms with van der Waals surface area (Å²) in [5.41, 5.74) is 2.43. The largest absolute Gasteiger partial charge is 0.491 e. The summed E-state index contributed by atoms with van der Waals surface area (Å²) in [5.74, 6) is 0.122. The second-order valence-electron chi connectivity index (χ2n) is 8.86. The van der Waals surface area contributed by atoms with Crippen LogP contribution in [0.4, 0.5) is 5.69 Å². The van der Waals surface area contributed by atoms with E-state index in [0.29, 0.717) is 19.8 Å². The Kier molecular flexibility index (Phi) is 12.8. The van der Waals surface area contributed by atoms with Crippen LogP contribution < -0.4 is 15.0 Å². The smallest absolute Gasteiger partial charge is 0.187 e. The van der Waals surface area contributed by atoms with Gasteiger partial charge in [0.25, 0.3) is 0 Å². The Labute approximate surface area is 242 Å². The van der Waals surface area contributed by atoms with Crippen molar-refractivity contribution in [1.29, 1.82) is 0 Å².